The lowest BCUT2D eigenvalue weighted by atomic mass is 9.82. The van der Waals surface area contributed by atoms with E-state index < -0.39 is 24.2 Å². The number of rotatable bonds is 21. The first kappa shape index (κ1) is 46.4. The normalized spacial score (nSPS) is 17.2. The fraction of sp³-hybridized carbons (Fsp3) is 0.587. The minimum absolute atomic E-state index is 0.0310. The number of hydrogen-bond acceptors (Lipinski definition) is 9. The molecule has 3 amide bonds. The first-order chi connectivity index (χ1) is 27.7. The molecule has 58 heavy (non-hydrogen) atoms. The highest BCUT2D eigenvalue weighted by Gasteiger charge is 2.39. The second-order valence-corrected chi connectivity index (χ2v) is 17.8. The van der Waals surface area contributed by atoms with Gasteiger partial charge in [0.15, 0.2) is 11.9 Å². The molecule has 6 atom stereocenters. The number of carbonyl (C=O) groups excluding carboxylic acids is 4. The van der Waals surface area contributed by atoms with Crippen molar-refractivity contribution in [3.05, 3.63) is 81.8 Å². The third-order valence-corrected chi connectivity index (χ3v) is 12.6. The Labute approximate surface area is 350 Å². The van der Waals surface area contributed by atoms with Gasteiger partial charge in [-0.1, -0.05) is 96.8 Å². The molecule has 1 saturated heterocycles. The Balaban J connectivity index is 1.66. The predicted octanol–water partition coefficient (Wildman–Crippen LogP) is 8.10. The number of benzene rings is 2. The van der Waals surface area contributed by atoms with Crippen molar-refractivity contribution < 1.29 is 23.9 Å². The molecule has 0 saturated carbocycles. The number of ketones is 1. The van der Waals surface area contributed by atoms with E-state index in [2.05, 4.69) is 69.2 Å². The minimum Gasteiger partial charge on any atom is -0.439 e. The molecule has 2 heterocycles. The molecule has 1 aliphatic heterocycles. The molecule has 0 unspecified atom stereocenters. The molecule has 3 aromatic rings. The lowest BCUT2D eigenvalue weighted by Gasteiger charge is -2.40. The number of Topliss-reactive ketones (excluding diaryl/α,β-unsaturated/α-hetero) is 1. The lowest BCUT2D eigenvalue weighted by Crippen LogP contribution is -2.50. The maximum absolute atomic E-state index is 15.1. The van der Waals surface area contributed by atoms with Crippen LogP contribution in [0.3, 0.4) is 0 Å². The molecule has 11 nitrogen and oxygen atoms in total. The molecule has 12 heteroatoms. The van der Waals surface area contributed by atoms with E-state index in [1.807, 2.05) is 54.4 Å². The highest BCUT2D eigenvalue weighted by atomic mass is 32.1. The van der Waals surface area contributed by atoms with Crippen molar-refractivity contribution in [2.75, 3.05) is 32.9 Å². The summed E-state index contributed by atoms with van der Waals surface area (Å²) in [5.41, 5.74) is 9.10. The summed E-state index contributed by atoms with van der Waals surface area (Å²) in [7, 11) is 3.51. The topological polar surface area (TPSA) is 147 Å². The number of hydrogen-bond donors (Lipinski definition) is 3. The second kappa shape index (κ2) is 22.8. The maximum atomic E-state index is 15.1. The number of carbonyl (C=O) groups is 4. The number of likely N-dealkylation sites (N-methyl/N-ethyl adjacent to an activating group) is 1. The fourth-order valence-electron chi connectivity index (χ4n) is 8.06. The number of nitrogens with two attached hydrogens (primary N) is 1. The first-order valence-corrected chi connectivity index (χ1v) is 22.1. The van der Waals surface area contributed by atoms with Crippen LogP contribution in [0.15, 0.2) is 60.0 Å². The monoisotopic (exact) mass is 816 g/mol. The van der Waals surface area contributed by atoms with E-state index in [1.54, 1.807) is 5.38 Å². The number of thiazole rings is 1. The van der Waals surface area contributed by atoms with E-state index >= 15 is 4.79 Å². The van der Waals surface area contributed by atoms with Gasteiger partial charge in [0.25, 0.3) is 5.91 Å². The van der Waals surface area contributed by atoms with E-state index in [0.717, 1.165) is 49.8 Å². The molecule has 318 valence electrons. The Morgan fingerprint density at radius 2 is 1.69 bits per heavy atom. The van der Waals surface area contributed by atoms with Gasteiger partial charge in [0.1, 0.15) is 10.7 Å². The number of piperidine rings is 1. The summed E-state index contributed by atoms with van der Waals surface area (Å²) in [6, 6.07) is 17.1. The van der Waals surface area contributed by atoms with Gasteiger partial charge in [-0.05, 0) is 86.7 Å². The largest absolute Gasteiger partial charge is 0.439 e. The van der Waals surface area contributed by atoms with Crippen LogP contribution in [0.2, 0.25) is 0 Å². The average Bonchev–Trinajstić information content (AvgIpc) is 3.70. The number of nitrogens with one attached hydrogen (secondary N) is 2. The zero-order valence-electron chi connectivity index (χ0n) is 36.0. The van der Waals surface area contributed by atoms with Crippen molar-refractivity contribution in [2.45, 2.75) is 124 Å². The number of likely N-dealkylation sites (tertiary alicyclic amines) is 1. The first-order valence-electron chi connectivity index (χ1n) is 21.3. The van der Waals surface area contributed by atoms with Crippen LogP contribution in [0, 0.1) is 23.7 Å². The van der Waals surface area contributed by atoms with Gasteiger partial charge in [0, 0.05) is 55.5 Å². The van der Waals surface area contributed by atoms with E-state index in [1.165, 1.54) is 18.4 Å². The Hall–Kier alpha value is -4.29. The van der Waals surface area contributed by atoms with Gasteiger partial charge in [-0.25, -0.2) is 9.78 Å². The van der Waals surface area contributed by atoms with Crippen molar-refractivity contribution in [3.63, 3.8) is 0 Å². The zero-order chi connectivity index (χ0) is 42.4. The number of anilines is 1. The van der Waals surface area contributed by atoms with Gasteiger partial charge >= 0.3 is 6.09 Å². The van der Waals surface area contributed by atoms with Crippen LogP contribution in [0.1, 0.15) is 119 Å². The van der Waals surface area contributed by atoms with Gasteiger partial charge in [0.2, 0.25) is 5.91 Å². The Morgan fingerprint density at radius 3 is 2.31 bits per heavy atom. The number of aromatic nitrogens is 1. The Morgan fingerprint density at radius 1 is 0.983 bits per heavy atom. The predicted molar refractivity (Wildman–Crippen MR) is 234 cm³/mol. The summed E-state index contributed by atoms with van der Waals surface area (Å²) in [5.74, 6) is -0.456. The molecule has 4 rings (SSSR count). The van der Waals surface area contributed by atoms with Gasteiger partial charge in [-0.2, -0.15) is 0 Å². The second-order valence-electron chi connectivity index (χ2n) is 16.9. The van der Waals surface area contributed by atoms with Gasteiger partial charge in [-0.3, -0.25) is 19.3 Å². The standard InChI is InChI=1S/C46H68N6O5S/c1-9-32(6)37(27-41(53)39-17-13-14-23-51(39)8)45(55)52(24-22-33-18-20-35(47)21-19-33)40(31(4)5)28-42(57-46(56)48-7)44-50-38(29-58-44)43(54)49-36(25-30(2)3)26-34-15-11-10-12-16-34/h10-12,15-16,18-21,29-32,36-37,39-40,42H,9,13-14,17,22-28,47H2,1-8H3,(H,48,56)(H,49,54)/t32-,36+,37-,39+,40+,42+/m0/s1. The molecular formula is C46H68N6O5S. The summed E-state index contributed by atoms with van der Waals surface area (Å²) in [6.45, 7) is 13.8. The van der Waals surface area contributed by atoms with E-state index in [-0.39, 0.29) is 60.1 Å². The molecule has 1 aliphatic rings. The van der Waals surface area contributed by atoms with Crippen molar-refractivity contribution >= 4 is 40.7 Å². The summed E-state index contributed by atoms with van der Waals surface area (Å²) >= 11 is 1.27. The van der Waals surface area contributed by atoms with Crippen molar-refractivity contribution in [3.8, 4) is 0 Å². The SMILES string of the molecule is CC[C@H](C)[C@H](CC(=O)[C@H]1CCCCN1C)C(=O)N(CCc1ccc(N)cc1)[C@H](C[C@@H](OC(=O)NC)c1nc(C(=O)N[C@@H](Cc2ccccc2)CC(C)C)cs1)C(C)C. The maximum Gasteiger partial charge on any atom is 0.407 e. The van der Waals surface area contributed by atoms with E-state index in [4.69, 9.17) is 15.5 Å². The van der Waals surface area contributed by atoms with Gasteiger partial charge in [0.05, 0.1) is 6.04 Å². The molecule has 1 fully saturated rings. The molecule has 2 aromatic carbocycles. The van der Waals surface area contributed by atoms with Crippen LogP contribution in [0.25, 0.3) is 0 Å². The van der Waals surface area contributed by atoms with Crippen LogP contribution in [0.4, 0.5) is 10.5 Å². The van der Waals surface area contributed by atoms with Gasteiger partial charge in [-0.15, -0.1) is 11.3 Å². The van der Waals surface area contributed by atoms with Crippen molar-refractivity contribution in [2.24, 2.45) is 23.7 Å². The Bertz CT molecular complexity index is 1750. The molecular weight excluding hydrogens is 749 g/mol. The number of alkyl carbamates (subject to hydrolysis) is 1. The number of nitrogens with zero attached hydrogens (tertiary/aromatic N) is 3. The summed E-state index contributed by atoms with van der Waals surface area (Å²) in [5, 5.41) is 7.96. The lowest BCUT2D eigenvalue weighted by molar-refractivity contribution is -0.144. The van der Waals surface area contributed by atoms with Crippen LogP contribution < -0.4 is 16.4 Å². The van der Waals surface area contributed by atoms with Crippen LogP contribution in [0.5, 0.6) is 0 Å². The number of amides is 3. The third-order valence-electron chi connectivity index (χ3n) is 11.6. The van der Waals surface area contributed by atoms with Crippen LogP contribution in [-0.2, 0) is 27.2 Å². The van der Waals surface area contributed by atoms with Crippen LogP contribution in [-0.4, -0.2) is 83.8 Å². The van der Waals surface area contributed by atoms with Gasteiger partial charge < -0.3 is 26.0 Å². The third kappa shape index (κ3) is 13.6. The average molecular weight is 817 g/mol. The smallest absolute Gasteiger partial charge is 0.407 e. The molecule has 0 aliphatic carbocycles. The van der Waals surface area contributed by atoms with E-state index in [0.29, 0.717) is 36.0 Å². The summed E-state index contributed by atoms with van der Waals surface area (Å²) in [4.78, 5) is 64.5. The molecule has 1 aromatic heterocycles. The summed E-state index contributed by atoms with van der Waals surface area (Å²) < 4.78 is 6.02. The zero-order valence-corrected chi connectivity index (χ0v) is 36.9. The molecule has 0 bridgehead atoms. The van der Waals surface area contributed by atoms with Crippen molar-refractivity contribution in [1.82, 2.24) is 25.4 Å². The molecule has 0 radical (unpaired) electrons. The Kier molecular flexibility index (Phi) is 18.2. The molecule has 4 N–H and O–H groups in total. The highest BCUT2D eigenvalue weighted by Crippen LogP contribution is 2.34. The fourth-order valence-corrected chi connectivity index (χ4v) is 8.90. The van der Waals surface area contributed by atoms with Crippen LogP contribution >= 0.6 is 11.3 Å². The quantitative estimate of drug-likeness (QED) is 0.0915. The van der Waals surface area contributed by atoms with E-state index in [9.17, 15) is 14.4 Å². The number of ether oxygens (including phenoxy) is 1. The number of nitrogen functional groups attached to an aromatic ring is 1. The minimum atomic E-state index is -0.846. The molecule has 0 spiro atoms. The summed E-state index contributed by atoms with van der Waals surface area (Å²) in [6.07, 6.45) is 4.66. The highest BCUT2D eigenvalue weighted by molar-refractivity contribution is 7.09. The van der Waals surface area contributed by atoms with Crippen molar-refractivity contribution in [1.29, 1.82) is 0 Å².